The zero-order chi connectivity index (χ0) is 19.4. The van der Waals surface area contributed by atoms with Crippen molar-refractivity contribution in [1.82, 2.24) is 10.3 Å². The van der Waals surface area contributed by atoms with E-state index in [0.717, 1.165) is 5.56 Å². The molecule has 0 bridgehead atoms. The highest BCUT2D eigenvalue weighted by molar-refractivity contribution is 5.99. The minimum absolute atomic E-state index is 0.0145. The van der Waals surface area contributed by atoms with E-state index >= 15 is 0 Å². The summed E-state index contributed by atoms with van der Waals surface area (Å²) in [6, 6.07) is 14.1. The Kier molecular flexibility index (Phi) is 5.57. The predicted octanol–water partition coefficient (Wildman–Crippen LogP) is 2.59. The van der Waals surface area contributed by atoms with Gasteiger partial charge in [0.15, 0.2) is 11.5 Å². The molecule has 0 radical (unpaired) electrons. The second-order valence-corrected chi connectivity index (χ2v) is 6.38. The topological polar surface area (TPSA) is 91.7 Å². The molecular formula is C21H22N2O4. The number of benzene rings is 2. The first-order valence-electron chi connectivity index (χ1n) is 8.66. The van der Waals surface area contributed by atoms with Gasteiger partial charge < -0.3 is 20.3 Å². The van der Waals surface area contributed by atoms with Gasteiger partial charge >= 0.3 is 0 Å². The number of carbonyl (C=O) groups is 1. The molecule has 3 rings (SSSR count). The standard InChI is InChI=1S/C21H22N2O4/c1-13-17(9-15-10-19(25)20(27-2)11-18(15)22-13)21(26)23-16(12-24)8-14-6-4-3-5-7-14/h3-7,9-11,16,24-25H,8,12H2,1-2H3,(H,23,26)/t16-/m0/s1. The van der Waals surface area contributed by atoms with Gasteiger partial charge in [-0.3, -0.25) is 9.78 Å². The van der Waals surface area contributed by atoms with Gasteiger partial charge in [0, 0.05) is 11.5 Å². The molecule has 2 aromatic carbocycles. The molecule has 0 fully saturated rings. The van der Waals surface area contributed by atoms with E-state index in [-0.39, 0.29) is 18.3 Å². The van der Waals surface area contributed by atoms with Crippen LogP contribution in [-0.2, 0) is 6.42 Å². The lowest BCUT2D eigenvalue weighted by Crippen LogP contribution is -2.39. The van der Waals surface area contributed by atoms with Crippen LogP contribution >= 0.6 is 0 Å². The van der Waals surface area contributed by atoms with Gasteiger partial charge in [0.25, 0.3) is 5.91 Å². The summed E-state index contributed by atoms with van der Waals surface area (Å²) in [5, 5.41) is 23.1. The lowest BCUT2D eigenvalue weighted by Gasteiger charge is -2.17. The molecule has 0 aliphatic heterocycles. The van der Waals surface area contributed by atoms with Crippen LogP contribution in [0.5, 0.6) is 11.5 Å². The van der Waals surface area contributed by atoms with Gasteiger partial charge in [0.2, 0.25) is 0 Å². The molecule has 0 unspecified atom stereocenters. The second-order valence-electron chi connectivity index (χ2n) is 6.38. The summed E-state index contributed by atoms with van der Waals surface area (Å²) in [6.45, 7) is 1.58. The molecule has 0 aliphatic rings. The highest BCUT2D eigenvalue weighted by Gasteiger charge is 2.17. The van der Waals surface area contributed by atoms with Crippen LogP contribution in [-0.4, -0.2) is 40.9 Å². The van der Waals surface area contributed by atoms with Gasteiger partial charge in [-0.05, 0) is 31.0 Å². The number of pyridine rings is 1. The Balaban J connectivity index is 1.84. The van der Waals surface area contributed by atoms with Crippen molar-refractivity contribution in [2.45, 2.75) is 19.4 Å². The summed E-state index contributed by atoms with van der Waals surface area (Å²) >= 11 is 0. The molecular weight excluding hydrogens is 344 g/mol. The summed E-state index contributed by atoms with van der Waals surface area (Å²) in [6.07, 6.45) is 0.529. The van der Waals surface area contributed by atoms with E-state index in [1.54, 1.807) is 19.1 Å². The van der Waals surface area contributed by atoms with Crippen molar-refractivity contribution in [2.75, 3.05) is 13.7 Å². The molecule has 1 atom stereocenters. The molecule has 1 amide bonds. The van der Waals surface area contributed by atoms with Crippen LogP contribution in [0.2, 0.25) is 0 Å². The first-order valence-corrected chi connectivity index (χ1v) is 8.66. The molecule has 0 aliphatic carbocycles. The molecule has 6 heteroatoms. The number of aromatic nitrogens is 1. The third-order valence-corrected chi connectivity index (χ3v) is 4.43. The average Bonchev–Trinajstić information content (AvgIpc) is 2.67. The number of rotatable bonds is 6. The lowest BCUT2D eigenvalue weighted by atomic mass is 10.0. The minimum Gasteiger partial charge on any atom is -0.504 e. The van der Waals surface area contributed by atoms with Gasteiger partial charge in [-0.1, -0.05) is 30.3 Å². The van der Waals surface area contributed by atoms with Gasteiger partial charge in [-0.15, -0.1) is 0 Å². The van der Waals surface area contributed by atoms with Crippen molar-refractivity contribution in [1.29, 1.82) is 0 Å². The SMILES string of the molecule is COc1cc2nc(C)c(C(=O)N[C@H](CO)Cc3ccccc3)cc2cc1O. The summed E-state index contributed by atoms with van der Waals surface area (Å²) in [7, 11) is 1.47. The third-order valence-electron chi connectivity index (χ3n) is 4.43. The van der Waals surface area contributed by atoms with Crippen LogP contribution in [0.3, 0.4) is 0 Å². The summed E-state index contributed by atoms with van der Waals surface area (Å²) in [5.74, 6) is 0.00122. The summed E-state index contributed by atoms with van der Waals surface area (Å²) in [4.78, 5) is 17.2. The molecule has 3 aromatic rings. The second kappa shape index (κ2) is 8.05. The largest absolute Gasteiger partial charge is 0.504 e. The van der Waals surface area contributed by atoms with E-state index in [1.165, 1.54) is 13.2 Å². The zero-order valence-corrected chi connectivity index (χ0v) is 15.3. The highest BCUT2D eigenvalue weighted by Crippen LogP contribution is 2.31. The maximum Gasteiger partial charge on any atom is 0.253 e. The molecule has 0 saturated heterocycles. The van der Waals surface area contributed by atoms with Crippen molar-refractivity contribution < 1.29 is 19.7 Å². The third kappa shape index (κ3) is 4.17. The number of aryl methyl sites for hydroxylation is 1. The number of nitrogens with one attached hydrogen (secondary N) is 1. The van der Waals surface area contributed by atoms with E-state index in [9.17, 15) is 15.0 Å². The first-order chi connectivity index (χ1) is 13.0. The minimum atomic E-state index is -0.403. The maximum atomic E-state index is 12.7. The number of phenols is 1. The summed E-state index contributed by atoms with van der Waals surface area (Å²) < 4.78 is 5.10. The monoisotopic (exact) mass is 366 g/mol. The van der Waals surface area contributed by atoms with Crippen LogP contribution in [0.25, 0.3) is 10.9 Å². The average molecular weight is 366 g/mol. The Hall–Kier alpha value is -3.12. The fourth-order valence-electron chi connectivity index (χ4n) is 3.00. The van der Waals surface area contributed by atoms with Gasteiger partial charge in [-0.25, -0.2) is 0 Å². The van der Waals surface area contributed by atoms with Crippen molar-refractivity contribution >= 4 is 16.8 Å². The Morgan fingerprint density at radius 1 is 1.22 bits per heavy atom. The van der Waals surface area contributed by atoms with Crippen LogP contribution in [0.4, 0.5) is 0 Å². The number of aliphatic hydroxyl groups excluding tert-OH is 1. The van der Waals surface area contributed by atoms with Crippen LogP contribution in [0, 0.1) is 6.92 Å². The molecule has 6 nitrogen and oxygen atoms in total. The fourth-order valence-corrected chi connectivity index (χ4v) is 3.00. The number of methoxy groups -OCH3 is 1. The van der Waals surface area contributed by atoms with Crippen molar-refractivity contribution in [2.24, 2.45) is 0 Å². The molecule has 0 spiro atoms. The Morgan fingerprint density at radius 2 is 1.96 bits per heavy atom. The number of hydrogen-bond donors (Lipinski definition) is 3. The molecule has 27 heavy (non-hydrogen) atoms. The molecule has 0 saturated carbocycles. The van der Waals surface area contributed by atoms with Gasteiger partial charge in [-0.2, -0.15) is 0 Å². The normalized spacial score (nSPS) is 12.0. The number of hydrogen-bond acceptors (Lipinski definition) is 5. The van der Waals surface area contributed by atoms with Crippen molar-refractivity contribution in [3.8, 4) is 11.5 Å². The van der Waals surface area contributed by atoms with Crippen molar-refractivity contribution in [3.05, 3.63) is 65.4 Å². The lowest BCUT2D eigenvalue weighted by molar-refractivity contribution is 0.0915. The Labute approximate surface area is 157 Å². The highest BCUT2D eigenvalue weighted by atomic mass is 16.5. The molecule has 3 N–H and O–H groups in total. The van der Waals surface area contributed by atoms with E-state index in [1.807, 2.05) is 30.3 Å². The van der Waals surface area contributed by atoms with E-state index in [4.69, 9.17) is 4.74 Å². The molecule has 140 valence electrons. The van der Waals surface area contributed by atoms with Crippen LogP contribution in [0.1, 0.15) is 21.6 Å². The first kappa shape index (κ1) is 18.7. The smallest absolute Gasteiger partial charge is 0.253 e. The van der Waals surface area contributed by atoms with Gasteiger partial charge in [0.05, 0.1) is 36.5 Å². The van der Waals surface area contributed by atoms with Crippen LogP contribution in [0.15, 0.2) is 48.5 Å². The Morgan fingerprint density at radius 3 is 2.63 bits per heavy atom. The van der Waals surface area contributed by atoms with E-state index < -0.39 is 6.04 Å². The number of carbonyl (C=O) groups excluding carboxylic acids is 1. The number of nitrogens with zero attached hydrogens (tertiary/aromatic N) is 1. The predicted molar refractivity (Wildman–Crippen MR) is 103 cm³/mol. The maximum absolute atomic E-state index is 12.7. The number of aliphatic hydroxyl groups is 1. The summed E-state index contributed by atoms with van der Waals surface area (Å²) in [5.41, 5.74) is 2.62. The number of amides is 1. The number of ether oxygens (including phenoxy) is 1. The number of aromatic hydroxyl groups is 1. The van der Waals surface area contributed by atoms with E-state index in [0.29, 0.717) is 34.3 Å². The molecule has 1 heterocycles. The van der Waals surface area contributed by atoms with E-state index in [2.05, 4.69) is 10.3 Å². The molecule has 1 aromatic heterocycles. The Bertz CT molecular complexity index is 957. The quantitative estimate of drug-likeness (QED) is 0.624. The zero-order valence-electron chi connectivity index (χ0n) is 15.3. The van der Waals surface area contributed by atoms with Crippen LogP contribution < -0.4 is 10.1 Å². The number of phenolic OH excluding ortho intramolecular Hbond substituents is 1. The number of fused-ring (bicyclic) bond motifs is 1. The fraction of sp³-hybridized carbons (Fsp3) is 0.238. The van der Waals surface area contributed by atoms with Gasteiger partial charge in [0.1, 0.15) is 0 Å². The van der Waals surface area contributed by atoms with Crippen molar-refractivity contribution in [3.63, 3.8) is 0 Å².